The van der Waals surface area contributed by atoms with Crippen molar-refractivity contribution in [1.82, 2.24) is 14.5 Å². The molecular formula is C33H36ClN3O5S. The Morgan fingerprint density at radius 3 is 2.51 bits per heavy atom. The number of fused-ring (bicyclic) bond motifs is 1. The highest BCUT2D eigenvalue weighted by molar-refractivity contribution is 7.16. The van der Waals surface area contributed by atoms with Crippen LogP contribution < -0.4 is 4.74 Å². The summed E-state index contributed by atoms with van der Waals surface area (Å²) in [6, 6.07) is 15.4. The highest BCUT2D eigenvalue weighted by Crippen LogP contribution is 2.38. The Morgan fingerprint density at radius 1 is 1.12 bits per heavy atom. The highest BCUT2D eigenvalue weighted by Gasteiger charge is 2.29. The number of benzene rings is 2. The number of esters is 1. The fourth-order valence-electron chi connectivity index (χ4n) is 5.22. The number of thiophene rings is 1. The topological polar surface area (TPSA) is 82.9 Å². The van der Waals surface area contributed by atoms with Crippen molar-refractivity contribution in [1.29, 1.82) is 0 Å². The number of halogens is 1. The van der Waals surface area contributed by atoms with Crippen LogP contribution in [0.3, 0.4) is 0 Å². The second-order valence-corrected chi connectivity index (χ2v) is 13.1. The zero-order valence-corrected chi connectivity index (χ0v) is 26.6. The third-order valence-electron chi connectivity index (χ3n) is 7.50. The highest BCUT2D eigenvalue weighted by atomic mass is 35.5. The van der Waals surface area contributed by atoms with Crippen LogP contribution in [0.4, 0.5) is 4.79 Å². The van der Waals surface area contributed by atoms with Crippen molar-refractivity contribution in [3.05, 3.63) is 82.5 Å². The molecular weight excluding hydrogens is 586 g/mol. The van der Waals surface area contributed by atoms with E-state index in [-0.39, 0.29) is 12.0 Å². The number of methoxy groups -OCH3 is 1. The van der Waals surface area contributed by atoms with E-state index < -0.39 is 17.7 Å². The van der Waals surface area contributed by atoms with E-state index in [1.165, 1.54) is 18.4 Å². The molecule has 226 valence electrons. The fraction of sp³-hybridized carbons (Fsp3) is 0.364. The van der Waals surface area contributed by atoms with Crippen molar-refractivity contribution in [2.24, 2.45) is 5.92 Å². The molecule has 0 spiro atoms. The molecule has 0 unspecified atom stereocenters. The molecule has 0 aliphatic carbocycles. The number of ether oxygens (including phenoxy) is 3. The van der Waals surface area contributed by atoms with Crippen LogP contribution in [0.25, 0.3) is 21.6 Å². The third kappa shape index (κ3) is 6.73. The van der Waals surface area contributed by atoms with Gasteiger partial charge in [-0.15, -0.1) is 11.3 Å². The number of hydrogen-bond donors (Lipinski definition) is 0. The minimum absolute atomic E-state index is 0.242. The number of carbonyl (C=O) groups is 2. The first-order valence-corrected chi connectivity index (χ1v) is 15.4. The number of likely N-dealkylation sites (tertiary alicyclic amines) is 1. The summed E-state index contributed by atoms with van der Waals surface area (Å²) in [6.45, 7) is 13.2. The van der Waals surface area contributed by atoms with Gasteiger partial charge in [-0.25, -0.2) is 14.6 Å². The lowest BCUT2D eigenvalue weighted by Crippen LogP contribution is -2.41. The van der Waals surface area contributed by atoms with Crippen molar-refractivity contribution >= 4 is 51.6 Å². The summed E-state index contributed by atoms with van der Waals surface area (Å²) >= 11 is 7.67. The van der Waals surface area contributed by atoms with Crippen LogP contribution in [0.2, 0.25) is 5.02 Å². The van der Waals surface area contributed by atoms with Gasteiger partial charge in [-0.3, -0.25) is 4.57 Å². The van der Waals surface area contributed by atoms with Crippen molar-refractivity contribution < 1.29 is 23.8 Å². The number of rotatable bonds is 7. The summed E-state index contributed by atoms with van der Waals surface area (Å²) in [6.07, 6.45) is 2.70. The molecule has 0 saturated carbocycles. The van der Waals surface area contributed by atoms with E-state index in [9.17, 15) is 9.59 Å². The van der Waals surface area contributed by atoms with E-state index in [1.807, 2.05) is 74.7 Å². The van der Waals surface area contributed by atoms with Gasteiger partial charge in [0.05, 0.1) is 18.1 Å². The Bertz CT molecular complexity index is 1660. The molecule has 2 aromatic heterocycles. The molecule has 2 aromatic carbocycles. The molecule has 1 fully saturated rings. The summed E-state index contributed by atoms with van der Waals surface area (Å²) in [4.78, 5) is 32.0. The van der Waals surface area contributed by atoms with Crippen molar-refractivity contribution in [2.45, 2.75) is 52.2 Å². The molecule has 0 N–H and O–H groups in total. The van der Waals surface area contributed by atoms with E-state index in [2.05, 4.69) is 17.6 Å². The normalized spacial score (nSPS) is 14.9. The van der Waals surface area contributed by atoms with E-state index in [1.54, 1.807) is 11.2 Å². The molecule has 0 bridgehead atoms. The zero-order chi connectivity index (χ0) is 30.9. The van der Waals surface area contributed by atoms with Gasteiger partial charge >= 0.3 is 12.1 Å². The van der Waals surface area contributed by atoms with Crippen LogP contribution in [-0.4, -0.2) is 52.3 Å². The maximum absolute atomic E-state index is 12.7. The number of carbonyl (C=O) groups excluding carboxylic acids is 2. The smallest absolute Gasteiger partial charge is 0.410 e. The summed E-state index contributed by atoms with van der Waals surface area (Å²) in [5.41, 5.74) is 4.04. The first-order valence-electron chi connectivity index (χ1n) is 14.2. The fourth-order valence-corrected chi connectivity index (χ4v) is 6.50. The van der Waals surface area contributed by atoms with Crippen LogP contribution in [-0.2, 0) is 9.47 Å². The van der Waals surface area contributed by atoms with Crippen molar-refractivity contribution in [2.75, 3.05) is 20.2 Å². The summed E-state index contributed by atoms with van der Waals surface area (Å²) < 4.78 is 18.8. The predicted molar refractivity (Wildman–Crippen MR) is 170 cm³/mol. The molecule has 8 nitrogen and oxygen atoms in total. The van der Waals surface area contributed by atoms with Crippen molar-refractivity contribution in [3.8, 4) is 10.8 Å². The number of allylic oxidation sites excluding steroid dienone is 1. The van der Waals surface area contributed by atoms with Gasteiger partial charge in [0.2, 0.25) is 0 Å². The van der Waals surface area contributed by atoms with Crippen LogP contribution in [0, 0.1) is 5.92 Å². The van der Waals surface area contributed by atoms with Gasteiger partial charge in [0.25, 0.3) is 0 Å². The average molecular weight is 622 g/mol. The van der Waals surface area contributed by atoms with Gasteiger partial charge < -0.3 is 19.1 Å². The lowest BCUT2D eigenvalue weighted by molar-refractivity contribution is 0.0199. The minimum atomic E-state index is -0.517. The Morgan fingerprint density at radius 2 is 1.84 bits per heavy atom. The molecule has 1 aliphatic heterocycles. The molecule has 3 heterocycles. The third-order valence-corrected chi connectivity index (χ3v) is 8.94. The van der Waals surface area contributed by atoms with Gasteiger partial charge in [-0.2, -0.15) is 0 Å². The zero-order valence-electron chi connectivity index (χ0n) is 25.1. The molecule has 43 heavy (non-hydrogen) atoms. The number of aromatic nitrogens is 2. The Balaban J connectivity index is 1.38. The number of amides is 1. The van der Waals surface area contributed by atoms with Crippen LogP contribution in [0.5, 0.6) is 5.75 Å². The van der Waals surface area contributed by atoms with Crippen LogP contribution in [0.1, 0.15) is 67.4 Å². The molecule has 0 radical (unpaired) electrons. The first kappa shape index (κ1) is 30.6. The maximum Gasteiger partial charge on any atom is 0.410 e. The average Bonchev–Trinajstić information content (AvgIpc) is 3.59. The van der Waals surface area contributed by atoms with Gasteiger partial charge in [0.1, 0.15) is 28.8 Å². The first-order chi connectivity index (χ1) is 20.4. The largest absolute Gasteiger partial charge is 0.484 e. The summed E-state index contributed by atoms with van der Waals surface area (Å²) in [5, 5.41) is 1.35. The van der Waals surface area contributed by atoms with E-state index in [0.717, 1.165) is 45.6 Å². The van der Waals surface area contributed by atoms with E-state index in [0.29, 0.717) is 28.7 Å². The Kier molecular flexibility index (Phi) is 8.85. The number of nitrogens with zero attached hydrogens (tertiary/aromatic N) is 3. The van der Waals surface area contributed by atoms with Gasteiger partial charge in [0.15, 0.2) is 4.88 Å². The number of hydrogen-bond acceptors (Lipinski definition) is 7. The predicted octanol–water partition coefficient (Wildman–Crippen LogP) is 8.33. The molecule has 5 rings (SSSR count). The second-order valence-electron chi connectivity index (χ2n) is 11.6. The molecule has 1 atom stereocenters. The molecule has 1 aliphatic rings. The second kappa shape index (κ2) is 12.4. The summed E-state index contributed by atoms with van der Waals surface area (Å²) in [7, 11) is 1.35. The monoisotopic (exact) mass is 621 g/mol. The number of piperidine rings is 1. The lowest BCUT2D eigenvalue weighted by Gasteiger charge is -2.34. The van der Waals surface area contributed by atoms with Crippen LogP contribution >= 0.6 is 22.9 Å². The molecule has 1 saturated heterocycles. The van der Waals surface area contributed by atoms with Crippen LogP contribution in [0.15, 0.2) is 61.4 Å². The quantitative estimate of drug-likeness (QED) is 0.193. The molecule has 1 amide bonds. The van der Waals surface area contributed by atoms with Gasteiger partial charge in [-0.1, -0.05) is 42.4 Å². The van der Waals surface area contributed by atoms with Gasteiger partial charge in [-0.05, 0) is 75.8 Å². The summed E-state index contributed by atoms with van der Waals surface area (Å²) in [5.74, 6) is 0.179. The minimum Gasteiger partial charge on any atom is -0.484 e. The van der Waals surface area contributed by atoms with E-state index >= 15 is 0 Å². The molecule has 10 heteroatoms. The van der Waals surface area contributed by atoms with E-state index in [4.69, 9.17) is 25.8 Å². The van der Waals surface area contributed by atoms with Gasteiger partial charge in [0, 0.05) is 29.7 Å². The Hall–Kier alpha value is -3.82. The molecule has 4 aromatic rings. The van der Waals surface area contributed by atoms with Crippen molar-refractivity contribution in [3.63, 3.8) is 0 Å². The lowest BCUT2D eigenvalue weighted by atomic mass is 9.86. The Labute approximate surface area is 260 Å². The number of imidazole rings is 1. The standard InChI is InChI=1S/C33H36ClN3O5S/c1-20(22-13-15-36(16-14-22)32(39)42-33(3,4)5)23-11-12-26-27(17-23)37(19-35-26)29-18-28(30(43-29)31(38)40-6)41-21(2)24-9-7-8-10-25(24)34/h7-12,17-19,21-22H,1,13-16H2,2-6H3/t21-/m1/s1. The SMILES string of the molecule is C=C(c1ccc2ncn(-c3cc(O[C@H](C)c4ccccc4Cl)c(C(=O)OC)s3)c2c1)C1CCN(C(=O)OC(C)(C)C)CC1. The maximum atomic E-state index is 12.7.